The molecule has 0 aliphatic carbocycles. The first-order valence-corrected chi connectivity index (χ1v) is 4.77. The van der Waals surface area contributed by atoms with Crippen LogP contribution in [-0.2, 0) is 14.5 Å². The van der Waals surface area contributed by atoms with E-state index in [4.69, 9.17) is 9.62 Å². The maximum absolute atomic E-state index is 9.73. The summed E-state index contributed by atoms with van der Waals surface area (Å²) in [5.74, 6) is 0. The van der Waals surface area contributed by atoms with Gasteiger partial charge in [0.15, 0.2) is 0 Å². The molecule has 5 heteroatoms. The van der Waals surface area contributed by atoms with Gasteiger partial charge in [0.05, 0.1) is 32.5 Å². The third-order valence-corrected chi connectivity index (χ3v) is 2.59. The van der Waals surface area contributed by atoms with Crippen LogP contribution in [0.2, 0.25) is 0 Å². The van der Waals surface area contributed by atoms with E-state index in [2.05, 4.69) is 4.89 Å². The minimum absolute atomic E-state index is 0.0281. The highest BCUT2D eigenvalue weighted by molar-refractivity contribution is 4.95. The van der Waals surface area contributed by atoms with Gasteiger partial charge in [-0.25, -0.2) is 9.78 Å². The van der Waals surface area contributed by atoms with Crippen molar-refractivity contribution in [2.24, 2.45) is 0 Å². The van der Waals surface area contributed by atoms with Crippen molar-refractivity contribution in [2.75, 3.05) is 20.3 Å². The molecule has 5 nitrogen and oxygen atoms in total. The van der Waals surface area contributed by atoms with Crippen LogP contribution in [0.25, 0.3) is 0 Å². The summed E-state index contributed by atoms with van der Waals surface area (Å²) in [4.78, 5) is 9.14. The smallest absolute Gasteiger partial charge is 0.120 e. The van der Waals surface area contributed by atoms with Crippen LogP contribution in [0.1, 0.15) is 19.8 Å². The van der Waals surface area contributed by atoms with E-state index >= 15 is 0 Å². The summed E-state index contributed by atoms with van der Waals surface area (Å²) in [6.45, 7) is 1.96. The largest absolute Gasteiger partial charge is 0.393 e. The Bertz CT molecular complexity index is 175. The first kappa shape index (κ1) is 11.9. The Kier molecular flexibility index (Phi) is 4.28. The average Bonchev–Trinajstić information content (AvgIpc) is 2.43. The van der Waals surface area contributed by atoms with Gasteiger partial charge in [-0.15, -0.1) is 0 Å². The number of hydrogen-bond acceptors (Lipinski definition) is 5. The van der Waals surface area contributed by atoms with E-state index in [1.54, 1.807) is 0 Å². The Balaban J connectivity index is 2.48. The molecule has 0 amide bonds. The molecule has 1 rings (SSSR count). The van der Waals surface area contributed by atoms with Crippen LogP contribution < -0.4 is 0 Å². The molecule has 0 saturated carbocycles. The van der Waals surface area contributed by atoms with E-state index < -0.39 is 11.7 Å². The van der Waals surface area contributed by atoms with Gasteiger partial charge in [0.25, 0.3) is 0 Å². The highest BCUT2D eigenvalue weighted by Crippen LogP contribution is 2.33. The fraction of sp³-hybridized carbons (Fsp3) is 1.00. The summed E-state index contributed by atoms with van der Waals surface area (Å²) in [5, 5.41) is 19.0. The molecule has 1 fully saturated rings. The lowest BCUT2D eigenvalue weighted by atomic mass is 9.94. The van der Waals surface area contributed by atoms with Crippen molar-refractivity contribution in [3.8, 4) is 0 Å². The van der Waals surface area contributed by atoms with Crippen molar-refractivity contribution in [3.63, 3.8) is 0 Å². The average molecular weight is 206 g/mol. The number of hydrogen-bond donors (Lipinski definition) is 2. The van der Waals surface area contributed by atoms with Gasteiger partial charge in [-0.05, 0) is 6.92 Å². The summed E-state index contributed by atoms with van der Waals surface area (Å²) in [6.07, 6.45) is 0.304. The minimum Gasteiger partial charge on any atom is -0.393 e. The van der Waals surface area contributed by atoms with E-state index in [1.807, 2.05) is 6.92 Å². The maximum Gasteiger partial charge on any atom is 0.120 e. The Morgan fingerprint density at radius 2 is 2.29 bits per heavy atom. The standard InChI is InChI=1S/C9H18O5/c1-7-5-8(11)9(6-10,14-7)3-4-13-12-2/h7-8,10-11H,3-6H2,1-2H3/t7-,8?,9+/m0/s1. The molecular formula is C9H18O5. The van der Waals surface area contributed by atoms with Crippen molar-refractivity contribution in [1.29, 1.82) is 0 Å². The molecule has 3 atom stereocenters. The Morgan fingerprint density at radius 1 is 1.57 bits per heavy atom. The molecule has 1 heterocycles. The third-order valence-electron chi connectivity index (χ3n) is 2.59. The van der Waals surface area contributed by atoms with E-state index in [0.717, 1.165) is 0 Å². The molecule has 0 aromatic carbocycles. The van der Waals surface area contributed by atoms with Gasteiger partial charge in [0.1, 0.15) is 5.60 Å². The quantitative estimate of drug-likeness (QED) is 0.372. The molecule has 0 spiro atoms. The summed E-state index contributed by atoms with van der Waals surface area (Å²) in [6, 6.07) is 0. The summed E-state index contributed by atoms with van der Waals surface area (Å²) >= 11 is 0. The summed E-state index contributed by atoms with van der Waals surface area (Å²) in [5.41, 5.74) is -0.877. The topological polar surface area (TPSA) is 68.2 Å². The van der Waals surface area contributed by atoms with E-state index in [0.29, 0.717) is 19.4 Å². The fourth-order valence-corrected chi connectivity index (χ4v) is 1.80. The third kappa shape index (κ3) is 2.43. The van der Waals surface area contributed by atoms with Crippen molar-refractivity contribution in [3.05, 3.63) is 0 Å². The molecule has 1 aliphatic rings. The maximum atomic E-state index is 9.73. The summed E-state index contributed by atoms with van der Waals surface area (Å²) in [7, 11) is 1.42. The van der Waals surface area contributed by atoms with E-state index in [9.17, 15) is 10.2 Å². The van der Waals surface area contributed by atoms with Gasteiger partial charge in [-0.1, -0.05) is 0 Å². The van der Waals surface area contributed by atoms with Gasteiger partial charge in [0.2, 0.25) is 0 Å². The predicted molar refractivity (Wildman–Crippen MR) is 48.6 cm³/mol. The predicted octanol–water partition coefficient (Wildman–Crippen LogP) is -0.145. The van der Waals surface area contributed by atoms with Crippen LogP contribution in [0.3, 0.4) is 0 Å². The number of aliphatic hydroxyl groups is 2. The molecule has 14 heavy (non-hydrogen) atoms. The number of ether oxygens (including phenoxy) is 1. The highest BCUT2D eigenvalue weighted by Gasteiger charge is 2.45. The lowest BCUT2D eigenvalue weighted by Crippen LogP contribution is -2.44. The van der Waals surface area contributed by atoms with E-state index in [1.165, 1.54) is 7.11 Å². The van der Waals surface area contributed by atoms with Gasteiger partial charge in [0, 0.05) is 12.8 Å². The number of aliphatic hydroxyl groups excluding tert-OH is 2. The molecular weight excluding hydrogens is 188 g/mol. The summed E-state index contributed by atoms with van der Waals surface area (Å²) < 4.78 is 5.52. The van der Waals surface area contributed by atoms with Crippen LogP contribution in [0.4, 0.5) is 0 Å². The normalized spacial score (nSPS) is 37.7. The molecule has 1 saturated heterocycles. The lowest BCUT2D eigenvalue weighted by Gasteiger charge is -2.29. The zero-order valence-corrected chi connectivity index (χ0v) is 8.60. The zero-order chi connectivity index (χ0) is 10.6. The molecule has 84 valence electrons. The Labute approximate surface area is 83.5 Å². The molecule has 1 aliphatic heterocycles. The van der Waals surface area contributed by atoms with Crippen molar-refractivity contribution < 1.29 is 24.7 Å². The van der Waals surface area contributed by atoms with Crippen LogP contribution in [0.15, 0.2) is 0 Å². The number of rotatable bonds is 5. The molecule has 2 N–H and O–H groups in total. The molecule has 0 bridgehead atoms. The monoisotopic (exact) mass is 206 g/mol. The molecule has 0 aromatic rings. The van der Waals surface area contributed by atoms with Gasteiger partial charge < -0.3 is 14.9 Å². The first-order chi connectivity index (χ1) is 6.64. The van der Waals surface area contributed by atoms with Crippen molar-refractivity contribution >= 4 is 0 Å². The van der Waals surface area contributed by atoms with Crippen LogP contribution >= 0.6 is 0 Å². The van der Waals surface area contributed by atoms with Crippen LogP contribution in [-0.4, -0.2) is 48.3 Å². The molecule has 0 radical (unpaired) electrons. The minimum atomic E-state index is -0.877. The molecule has 1 unspecified atom stereocenters. The zero-order valence-electron chi connectivity index (χ0n) is 8.60. The highest BCUT2D eigenvalue weighted by atomic mass is 17.2. The van der Waals surface area contributed by atoms with Gasteiger partial charge in [-0.2, -0.15) is 0 Å². The van der Waals surface area contributed by atoms with Gasteiger partial charge in [-0.3, -0.25) is 0 Å². The second kappa shape index (κ2) is 5.04. The van der Waals surface area contributed by atoms with Crippen molar-refractivity contribution in [1.82, 2.24) is 0 Å². The van der Waals surface area contributed by atoms with Crippen LogP contribution in [0.5, 0.6) is 0 Å². The van der Waals surface area contributed by atoms with E-state index in [-0.39, 0.29) is 12.7 Å². The fourth-order valence-electron chi connectivity index (χ4n) is 1.80. The molecule has 0 aromatic heterocycles. The van der Waals surface area contributed by atoms with Gasteiger partial charge >= 0.3 is 0 Å². The van der Waals surface area contributed by atoms with Crippen molar-refractivity contribution in [2.45, 2.75) is 37.6 Å². The lowest BCUT2D eigenvalue weighted by molar-refractivity contribution is -0.281. The first-order valence-electron chi connectivity index (χ1n) is 4.77. The second-order valence-corrected chi connectivity index (χ2v) is 3.64. The second-order valence-electron chi connectivity index (χ2n) is 3.64. The Hall–Kier alpha value is -0.200. The SMILES string of the molecule is COOCC[C@]1(CO)O[C@@H](C)CC1O. The Morgan fingerprint density at radius 3 is 2.71 bits per heavy atom. The van der Waals surface area contributed by atoms with Crippen LogP contribution in [0, 0.1) is 0 Å².